The molecular weight excluding hydrogens is 554 g/mol. The zero-order valence-electron chi connectivity index (χ0n) is 28.0. The van der Waals surface area contributed by atoms with Gasteiger partial charge in [-0.05, 0) is 80.8 Å². The highest BCUT2D eigenvalue weighted by Crippen LogP contribution is 2.52. The Hall–Kier alpha value is -3.41. The first-order chi connectivity index (χ1) is 20.5. The second kappa shape index (κ2) is 14.6. The van der Waals surface area contributed by atoms with Crippen molar-refractivity contribution in [2.45, 2.75) is 99.1 Å². The average Bonchev–Trinajstić information content (AvgIpc) is 3.36. The molecule has 3 fully saturated rings. The van der Waals surface area contributed by atoms with Crippen molar-refractivity contribution in [1.82, 2.24) is 15.1 Å². The molecule has 1 saturated heterocycles. The topological polar surface area (TPSA) is 123 Å². The molecule has 9 nitrogen and oxygen atoms in total. The van der Waals surface area contributed by atoms with Crippen molar-refractivity contribution in [3.05, 3.63) is 30.3 Å². The zero-order valence-corrected chi connectivity index (χ0v) is 28.0. The average molecular weight is 608 g/mol. The van der Waals surface area contributed by atoms with Gasteiger partial charge >= 0.3 is 0 Å². The maximum absolute atomic E-state index is 13.5. The van der Waals surface area contributed by atoms with Crippen LogP contribution in [0.25, 0.3) is 0 Å². The predicted molar refractivity (Wildman–Crippen MR) is 172 cm³/mol. The van der Waals surface area contributed by atoms with Crippen LogP contribution in [-0.4, -0.2) is 65.6 Å². The number of para-hydroxylation sites is 1. The Bertz CT molecular complexity index is 1190. The lowest BCUT2D eigenvalue weighted by Gasteiger charge is -2.49. The van der Waals surface area contributed by atoms with E-state index < -0.39 is 29.3 Å². The van der Waals surface area contributed by atoms with E-state index in [0.29, 0.717) is 28.9 Å². The number of nitriles is 1. The molecule has 2 bridgehead atoms. The molecule has 4 amide bonds. The summed E-state index contributed by atoms with van der Waals surface area (Å²) >= 11 is 0. The molecule has 9 heteroatoms. The summed E-state index contributed by atoms with van der Waals surface area (Å²) in [6, 6.07) is 9.65. The van der Waals surface area contributed by atoms with E-state index in [1.165, 1.54) is 16.8 Å². The predicted octanol–water partition coefficient (Wildman–Crippen LogP) is 5.23. The van der Waals surface area contributed by atoms with E-state index in [4.69, 9.17) is 0 Å². The zero-order chi connectivity index (χ0) is 32.8. The smallest absolute Gasteiger partial charge is 0.245 e. The van der Waals surface area contributed by atoms with E-state index >= 15 is 0 Å². The SMILES string of the molecule is CC(C)(C)C.CC1CC2CC(C)CC(C(=O)NC(C)C(=O)N(C)CC(=O)N3CC(C(=O)Nc4ccccc4)CC3C#N)(C1)C2. The molecule has 4 rings (SSSR count). The number of likely N-dealkylation sites (N-methyl/N-ethyl adjacent to an activating group) is 1. The Morgan fingerprint density at radius 2 is 1.59 bits per heavy atom. The summed E-state index contributed by atoms with van der Waals surface area (Å²) in [6.45, 7) is 14.7. The summed E-state index contributed by atoms with van der Waals surface area (Å²) in [6.07, 6.45) is 5.13. The standard InChI is InChI=1S/C30H41N5O4.C5H12/c1-19-10-22-11-20(2)14-30(13-19,15-22)29(39)32-21(3)28(38)34(4)18-26(36)35-17-23(12-25(35)16-31)27(37)33-24-8-6-5-7-9-24;1-5(2,3)4/h5-9,19-23,25H,10-15,17-18H2,1-4H3,(H,32,39)(H,33,37);1-4H3. The van der Waals surface area contributed by atoms with E-state index in [1.54, 1.807) is 19.1 Å². The number of benzene rings is 1. The number of nitrogens with zero attached hydrogens (tertiary/aromatic N) is 3. The highest BCUT2D eigenvalue weighted by Gasteiger charge is 2.49. The molecule has 5 unspecified atom stereocenters. The van der Waals surface area contributed by atoms with Gasteiger partial charge in [0, 0.05) is 24.7 Å². The Morgan fingerprint density at radius 3 is 2.14 bits per heavy atom. The van der Waals surface area contributed by atoms with Crippen LogP contribution in [0.5, 0.6) is 0 Å². The van der Waals surface area contributed by atoms with Crippen LogP contribution in [0.1, 0.15) is 87.0 Å². The van der Waals surface area contributed by atoms with Crippen LogP contribution in [0.4, 0.5) is 5.69 Å². The number of rotatable bonds is 7. The summed E-state index contributed by atoms with van der Waals surface area (Å²) in [7, 11) is 1.53. The molecule has 0 radical (unpaired) electrons. The fourth-order valence-corrected chi connectivity index (χ4v) is 7.29. The minimum atomic E-state index is -0.771. The summed E-state index contributed by atoms with van der Waals surface area (Å²) < 4.78 is 0. The molecule has 1 aromatic carbocycles. The van der Waals surface area contributed by atoms with Crippen molar-refractivity contribution in [3.8, 4) is 6.07 Å². The summed E-state index contributed by atoms with van der Waals surface area (Å²) in [5, 5.41) is 15.4. The van der Waals surface area contributed by atoms with E-state index in [0.717, 1.165) is 32.1 Å². The van der Waals surface area contributed by atoms with E-state index in [1.807, 2.05) is 18.2 Å². The monoisotopic (exact) mass is 607 g/mol. The van der Waals surface area contributed by atoms with Crippen LogP contribution >= 0.6 is 0 Å². The Kier molecular flexibility index (Phi) is 11.6. The minimum Gasteiger partial charge on any atom is -0.344 e. The Balaban J connectivity index is 0.000000978. The number of anilines is 1. The van der Waals surface area contributed by atoms with Crippen molar-refractivity contribution >= 4 is 29.3 Å². The molecule has 2 saturated carbocycles. The van der Waals surface area contributed by atoms with Gasteiger partial charge in [0.25, 0.3) is 0 Å². The van der Waals surface area contributed by atoms with Crippen molar-refractivity contribution in [2.24, 2.45) is 34.5 Å². The normalized spacial score (nSPS) is 28.4. The van der Waals surface area contributed by atoms with Crippen molar-refractivity contribution in [1.29, 1.82) is 5.26 Å². The van der Waals surface area contributed by atoms with Crippen molar-refractivity contribution < 1.29 is 19.2 Å². The summed E-state index contributed by atoms with van der Waals surface area (Å²) in [4.78, 5) is 55.2. The van der Waals surface area contributed by atoms with Gasteiger partial charge < -0.3 is 20.4 Å². The molecule has 1 aromatic rings. The molecule has 2 aliphatic carbocycles. The van der Waals surface area contributed by atoms with E-state index in [2.05, 4.69) is 58.2 Å². The lowest BCUT2D eigenvalue weighted by atomic mass is 9.56. The van der Waals surface area contributed by atoms with Gasteiger partial charge in [0.1, 0.15) is 12.1 Å². The Labute approximate surface area is 264 Å². The quantitative estimate of drug-likeness (QED) is 0.439. The Morgan fingerprint density at radius 1 is 1.02 bits per heavy atom. The number of carbonyl (C=O) groups is 4. The van der Waals surface area contributed by atoms with Crippen LogP contribution in [-0.2, 0) is 19.2 Å². The first-order valence-corrected chi connectivity index (χ1v) is 16.1. The molecule has 5 atom stereocenters. The second-order valence-corrected chi connectivity index (χ2v) is 15.3. The first-order valence-electron chi connectivity index (χ1n) is 16.1. The number of hydrogen-bond acceptors (Lipinski definition) is 5. The molecule has 1 aliphatic heterocycles. The summed E-state index contributed by atoms with van der Waals surface area (Å²) in [5.41, 5.74) is 0.732. The lowest BCUT2D eigenvalue weighted by molar-refractivity contribution is -0.145. The van der Waals surface area contributed by atoms with Gasteiger partial charge in [0.05, 0.1) is 18.5 Å². The van der Waals surface area contributed by atoms with Crippen LogP contribution < -0.4 is 10.6 Å². The molecule has 242 valence electrons. The van der Waals surface area contributed by atoms with E-state index in [-0.39, 0.29) is 37.2 Å². The van der Waals surface area contributed by atoms with Gasteiger partial charge in [0.15, 0.2) is 0 Å². The summed E-state index contributed by atoms with van der Waals surface area (Å²) in [5.74, 6) is -0.0341. The highest BCUT2D eigenvalue weighted by molar-refractivity contribution is 5.94. The fraction of sp³-hybridized carbons (Fsp3) is 0.686. The van der Waals surface area contributed by atoms with Crippen molar-refractivity contribution in [2.75, 3.05) is 25.5 Å². The maximum Gasteiger partial charge on any atom is 0.245 e. The lowest BCUT2D eigenvalue weighted by Crippen LogP contribution is -2.55. The fourth-order valence-electron chi connectivity index (χ4n) is 7.29. The maximum atomic E-state index is 13.5. The van der Waals surface area contributed by atoms with Crippen LogP contribution in [0.3, 0.4) is 0 Å². The number of amides is 4. The van der Waals surface area contributed by atoms with Crippen molar-refractivity contribution in [3.63, 3.8) is 0 Å². The molecule has 3 aliphatic rings. The molecule has 1 heterocycles. The van der Waals surface area contributed by atoms with Crippen LogP contribution in [0, 0.1) is 45.8 Å². The van der Waals surface area contributed by atoms with Gasteiger partial charge in [-0.1, -0.05) is 59.7 Å². The molecular formula is C35H53N5O4. The van der Waals surface area contributed by atoms with Gasteiger partial charge in [-0.25, -0.2) is 0 Å². The minimum absolute atomic E-state index is 0.0532. The third-order valence-corrected chi connectivity index (χ3v) is 8.76. The second-order valence-electron chi connectivity index (χ2n) is 15.3. The van der Waals surface area contributed by atoms with Crippen LogP contribution in [0.15, 0.2) is 30.3 Å². The van der Waals surface area contributed by atoms with Crippen LogP contribution in [0.2, 0.25) is 0 Å². The number of likely N-dealkylation sites (tertiary alicyclic amines) is 1. The third kappa shape index (κ3) is 9.54. The molecule has 44 heavy (non-hydrogen) atoms. The number of carbonyl (C=O) groups excluding carboxylic acids is 4. The molecule has 0 spiro atoms. The number of hydrogen-bond donors (Lipinski definition) is 2. The highest BCUT2D eigenvalue weighted by atomic mass is 16.2. The largest absolute Gasteiger partial charge is 0.344 e. The van der Waals surface area contributed by atoms with Gasteiger partial charge in [-0.15, -0.1) is 0 Å². The molecule has 0 aromatic heterocycles. The third-order valence-electron chi connectivity index (χ3n) is 8.76. The molecule has 2 N–H and O–H groups in total. The number of nitrogens with one attached hydrogen (secondary N) is 2. The van der Waals surface area contributed by atoms with Gasteiger partial charge in [0.2, 0.25) is 23.6 Å². The number of fused-ring (bicyclic) bond motifs is 2. The first kappa shape index (κ1) is 35.1. The van der Waals surface area contributed by atoms with Gasteiger partial charge in [-0.2, -0.15) is 5.26 Å². The van der Waals surface area contributed by atoms with Gasteiger partial charge in [-0.3, -0.25) is 19.2 Å². The van der Waals surface area contributed by atoms with E-state index in [9.17, 15) is 24.4 Å².